The van der Waals surface area contributed by atoms with Crippen LogP contribution in [0.1, 0.15) is 18.9 Å². The molecule has 1 aromatic carbocycles. The first kappa shape index (κ1) is 14.7. The molecule has 1 aromatic rings. The number of hydrogen-bond acceptors (Lipinski definition) is 4. The van der Waals surface area contributed by atoms with Gasteiger partial charge in [0.25, 0.3) is 0 Å². The summed E-state index contributed by atoms with van der Waals surface area (Å²) in [6.07, 6.45) is 0.464. The summed E-state index contributed by atoms with van der Waals surface area (Å²) in [6, 6.07) is 5.80. The van der Waals surface area contributed by atoms with Crippen LogP contribution in [0.15, 0.2) is 18.2 Å². The third-order valence-electron chi connectivity index (χ3n) is 3.39. The second-order valence-corrected chi connectivity index (χ2v) is 4.87. The molecule has 0 saturated carbocycles. The highest BCUT2D eigenvalue weighted by atomic mass is 16.5. The van der Waals surface area contributed by atoms with E-state index in [-0.39, 0.29) is 12.3 Å². The molecule has 110 valence electrons. The van der Waals surface area contributed by atoms with Crippen molar-refractivity contribution in [2.45, 2.75) is 25.9 Å². The smallest absolute Gasteiger partial charge is 0.225 e. The first-order valence-corrected chi connectivity index (χ1v) is 6.89. The predicted octanol–water partition coefficient (Wildman–Crippen LogP) is 1.23. The van der Waals surface area contributed by atoms with Crippen LogP contribution in [-0.2, 0) is 11.2 Å². The molecule has 1 N–H and O–H groups in total. The summed E-state index contributed by atoms with van der Waals surface area (Å²) in [5.74, 6) is 1.46. The second kappa shape index (κ2) is 6.61. The van der Waals surface area contributed by atoms with Crippen LogP contribution < -0.4 is 9.47 Å². The van der Waals surface area contributed by atoms with E-state index in [1.807, 2.05) is 25.1 Å². The maximum atomic E-state index is 11.6. The molecule has 1 saturated heterocycles. The first-order chi connectivity index (χ1) is 9.63. The molecule has 0 spiro atoms. The monoisotopic (exact) mass is 279 g/mol. The molecular formula is C15H21NO4. The van der Waals surface area contributed by atoms with Crippen molar-refractivity contribution < 1.29 is 19.4 Å². The van der Waals surface area contributed by atoms with Crippen LogP contribution in [0.25, 0.3) is 0 Å². The molecule has 0 aliphatic carbocycles. The topological polar surface area (TPSA) is 59.0 Å². The molecule has 1 amide bonds. The SMILES string of the molecule is CCOc1ccc(CCN2CC(O)CC2=O)cc1OC. The quantitative estimate of drug-likeness (QED) is 0.851. The summed E-state index contributed by atoms with van der Waals surface area (Å²) in [5, 5.41) is 9.45. The Morgan fingerprint density at radius 2 is 2.20 bits per heavy atom. The number of aliphatic hydroxyl groups excluding tert-OH is 1. The molecule has 1 heterocycles. The Labute approximate surface area is 119 Å². The lowest BCUT2D eigenvalue weighted by atomic mass is 10.1. The van der Waals surface area contributed by atoms with E-state index in [1.54, 1.807) is 12.0 Å². The molecule has 1 unspecified atom stereocenters. The van der Waals surface area contributed by atoms with Gasteiger partial charge in [-0.05, 0) is 31.0 Å². The summed E-state index contributed by atoms with van der Waals surface area (Å²) in [6.45, 7) is 3.58. The molecular weight excluding hydrogens is 258 g/mol. The van der Waals surface area contributed by atoms with Gasteiger partial charge in [-0.25, -0.2) is 0 Å². The minimum absolute atomic E-state index is 0.0235. The third kappa shape index (κ3) is 3.42. The summed E-state index contributed by atoms with van der Waals surface area (Å²) >= 11 is 0. The minimum atomic E-state index is -0.516. The zero-order valence-corrected chi connectivity index (χ0v) is 12.0. The number of rotatable bonds is 6. The fourth-order valence-electron chi connectivity index (χ4n) is 2.37. The van der Waals surface area contributed by atoms with E-state index in [0.29, 0.717) is 25.4 Å². The average molecular weight is 279 g/mol. The van der Waals surface area contributed by atoms with E-state index >= 15 is 0 Å². The number of carbonyl (C=O) groups is 1. The summed E-state index contributed by atoms with van der Waals surface area (Å²) in [7, 11) is 1.61. The Morgan fingerprint density at radius 3 is 2.80 bits per heavy atom. The van der Waals surface area contributed by atoms with E-state index in [9.17, 15) is 9.90 Å². The standard InChI is InChI=1S/C15H21NO4/c1-3-20-13-5-4-11(8-14(13)19-2)6-7-16-10-12(17)9-15(16)18/h4-5,8,12,17H,3,6-7,9-10H2,1-2H3. The zero-order chi connectivity index (χ0) is 14.5. The van der Waals surface area contributed by atoms with Crippen LogP contribution in [0.4, 0.5) is 0 Å². The Bertz CT molecular complexity index is 475. The maximum absolute atomic E-state index is 11.6. The van der Waals surface area contributed by atoms with Gasteiger partial charge in [0.1, 0.15) is 0 Å². The summed E-state index contributed by atoms with van der Waals surface area (Å²) < 4.78 is 10.8. The molecule has 1 fully saturated rings. The highest BCUT2D eigenvalue weighted by molar-refractivity contribution is 5.79. The van der Waals surface area contributed by atoms with Crippen molar-refractivity contribution >= 4 is 5.91 Å². The third-order valence-corrected chi connectivity index (χ3v) is 3.39. The number of hydrogen-bond donors (Lipinski definition) is 1. The van der Waals surface area contributed by atoms with Gasteiger partial charge in [-0.1, -0.05) is 6.07 Å². The van der Waals surface area contributed by atoms with Gasteiger partial charge in [0, 0.05) is 13.1 Å². The van der Waals surface area contributed by atoms with Crippen LogP contribution in [0, 0.1) is 0 Å². The number of ether oxygens (including phenoxy) is 2. The number of amides is 1. The van der Waals surface area contributed by atoms with Gasteiger partial charge in [-0.2, -0.15) is 0 Å². The maximum Gasteiger partial charge on any atom is 0.225 e. The molecule has 0 radical (unpaired) electrons. The average Bonchev–Trinajstić information content (AvgIpc) is 2.76. The Kier molecular flexibility index (Phi) is 4.84. The molecule has 1 aliphatic heterocycles. The number of benzene rings is 1. The molecule has 0 bridgehead atoms. The van der Waals surface area contributed by atoms with Crippen LogP contribution in [-0.4, -0.2) is 48.8 Å². The number of β-amino-alcohol motifs (C(OH)–C–C–N with tert-alkyl or cyclic N) is 1. The largest absolute Gasteiger partial charge is 0.493 e. The van der Waals surface area contributed by atoms with Crippen molar-refractivity contribution in [2.24, 2.45) is 0 Å². The van der Waals surface area contributed by atoms with Crippen molar-refractivity contribution in [1.29, 1.82) is 0 Å². The summed E-state index contributed by atoms with van der Waals surface area (Å²) in [5.41, 5.74) is 1.08. The first-order valence-electron chi connectivity index (χ1n) is 6.89. The van der Waals surface area contributed by atoms with Gasteiger partial charge in [-0.3, -0.25) is 4.79 Å². The molecule has 0 aromatic heterocycles. The number of methoxy groups -OCH3 is 1. The normalized spacial score (nSPS) is 18.4. The highest BCUT2D eigenvalue weighted by Crippen LogP contribution is 2.28. The predicted molar refractivity (Wildman–Crippen MR) is 75.1 cm³/mol. The van der Waals surface area contributed by atoms with Crippen molar-refractivity contribution in [3.05, 3.63) is 23.8 Å². The lowest BCUT2D eigenvalue weighted by Gasteiger charge is -2.16. The Balaban J connectivity index is 1.98. The fraction of sp³-hybridized carbons (Fsp3) is 0.533. The second-order valence-electron chi connectivity index (χ2n) is 4.87. The molecule has 20 heavy (non-hydrogen) atoms. The van der Waals surface area contributed by atoms with E-state index in [1.165, 1.54) is 0 Å². The van der Waals surface area contributed by atoms with Crippen LogP contribution in [0.5, 0.6) is 11.5 Å². The highest BCUT2D eigenvalue weighted by Gasteiger charge is 2.27. The molecule has 2 rings (SSSR count). The Morgan fingerprint density at radius 1 is 1.40 bits per heavy atom. The van der Waals surface area contributed by atoms with Crippen molar-refractivity contribution in [2.75, 3.05) is 26.8 Å². The molecule has 5 heteroatoms. The van der Waals surface area contributed by atoms with E-state index in [2.05, 4.69) is 0 Å². The van der Waals surface area contributed by atoms with Gasteiger partial charge >= 0.3 is 0 Å². The van der Waals surface area contributed by atoms with Gasteiger partial charge in [0.15, 0.2) is 11.5 Å². The Hall–Kier alpha value is -1.75. The van der Waals surface area contributed by atoms with E-state index in [4.69, 9.17) is 9.47 Å². The summed E-state index contributed by atoms with van der Waals surface area (Å²) in [4.78, 5) is 13.3. The van der Waals surface area contributed by atoms with Crippen LogP contribution >= 0.6 is 0 Å². The lowest BCUT2D eigenvalue weighted by Crippen LogP contribution is -2.28. The molecule has 1 aliphatic rings. The van der Waals surface area contributed by atoms with Crippen LogP contribution in [0.2, 0.25) is 0 Å². The fourth-order valence-corrected chi connectivity index (χ4v) is 2.37. The lowest BCUT2D eigenvalue weighted by molar-refractivity contribution is -0.127. The van der Waals surface area contributed by atoms with Crippen LogP contribution in [0.3, 0.4) is 0 Å². The minimum Gasteiger partial charge on any atom is -0.493 e. The van der Waals surface area contributed by atoms with Crippen molar-refractivity contribution in [3.8, 4) is 11.5 Å². The van der Waals surface area contributed by atoms with Gasteiger partial charge in [-0.15, -0.1) is 0 Å². The van der Waals surface area contributed by atoms with Crippen molar-refractivity contribution in [1.82, 2.24) is 4.90 Å². The number of carbonyl (C=O) groups excluding carboxylic acids is 1. The van der Waals surface area contributed by atoms with E-state index < -0.39 is 6.10 Å². The molecule has 5 nitrogen and oxygen atoms in total. The number of aliphatic hydroxyl groups is 1. The van der Waals surface area contributed by atoms with Crippen molar-refractivity contribution in [3.63, 3.8) is 0 Å². The van der Waals surface area contributed by atoms with Gasteiger partial charge < -0.3 is 19.5 Å². The number of likely N-dealkylation sites (tertiary alicyclic amines) is 1. The van der Waals surface area contributed by atoms with Gasteiger partial charge in [0.2, 0.25) is 5.91 Å². The molecule has 1 atom stereocenters. The van der Waals surface area contributed by atoms with Gasteiger partial charge in [0.05, 0.1) is 26.2 Å². The zero-order valence-electron chi connectivity index (χ0n) is 12.0. The number of nitrogens with zero attached hydrogens (tertiary/aromatic N) is 1. The van der Waals surface area contributed by atoms with E-state index in [0.717, 1.165) is 17.7 Å².